The van der Waals surface area contributed by atoms with Crippen LogP contribution >= 0.6 is 15.9 Å². The topological polar surface area (TPSA) is 26.3 Å². The van der Waals surface area contributed by atoms with Crippen molar-refractivity contribution in [2.24, 2.45) is 0 Å². The molecule has 0 fully saturated rings. The van der Waals surface area contributed by atoms with Crippen LogP contribution in [0.4, 0.5) is 26.3 Å². The average molecular weight is 337 g/mol. The zero-order valence-electron chi connectivity index (χ0n) is 8.19. The maximum atomic E-state index is 12.2. The summed E-state index contributed by atoms with van der Waals surface area (Å²) < 4.78 is 75.8. The van der Waals surface area contributed by atoms with E-state index in [1.54, 1.807) is 0 Å². The molecule has 0 heterocycles. The number of ketones is 1. The van der Waals surface area contributed by atoms with Gasteiger partial charge in [0.05, 0.1) is 5.56 Å². The van der Waals surface area contributed by atoms with Crippen LogP contribution in [0.1, 0.15) is 10.4 Å². The summed E-state index contributed by atoms with van der Waals surface area (Å²) in [7, 11) is 0. The van der Waals surface area contributed by atoms with Crippen molar-refractivity contribution in [3.63, 3.8) is 0 Å². The fraction of sp³-hybridized carbons (Fsp3) is 0.222. The maximum Gasteiger partial charge on any atom is 0.573 e. The third kappa shape index (κ3) is 3.90. The molecule has 0 amide bonds. The highest BCUT2D eigenvalue weighted by molar-refractivity contribution is 9.10. The van der Waals surface area contributed by atoms with E-state index in [-0.39, 0.29) is 4.47 Å². The first-order valence-electron chi connectivity index (χ1n) is 4.17. The van der Waals surface area contributed by atoms with Gasteiger partial charge < -0.3 is 4.74 Å². The second-order valence-corrected chi connectivity index (χ2v) is 3.93. The van der Waals surface area contributed by atoms with E-state index < -0.39 is 29.6 Å². The molecule has 0 unspecified atom stereocenters. The van der Waals surface area contributed by atoms with Crippen LogP contribution in [-0.2, 0) is 0 Å². The molecule has 0 saturated heterocycles. The van der Waals surface area contributed by atoms with Gasteiger partial charge in [-0.05, 0) is 18.2 Å². The molecule has 0 aliphatic carbocycles. The van der Waals surface area contributed by atoms with E-state index in [4.69, 9.17) is 0 Å². The quantitative estimate of drug-likeness (QED) is 0.600. The van der Waals surface area contributed by atoms with Gasteiger partial charge in [0.25, 0.3) is 5.78 Å². The number of benzene rings is 1. The maximum absolute atomic E-state index is 12.2. The van der Waals surface area contributed by atoms with Gasteiger partial charge in [-0.3, -0.25) is 4.79 Å². The van der Waals surface area contributed by atoms with Gasteiger partial charge in [0.2, 0.25) is 0 Å². The molecule has 0 aromatic heterocycles. The third-order valence-corrected chi connectivity index (χ3v) is 2.16. The molecule has 0 bridgehead atoms. The Morgan fingerprint density at radius 2 is 1.67 bits per heavy atom. The molecule has 2 nitrogen and oxygen atoms in total. The van der Waals surface area contributed by atoms with Crippen molar-refractivity contribution in [3.05, 3.63) is 28.2 Å². The normalized spacial score (nSPS) is 12.4. The van der Waals surface area contributed by atoms with Gasteiger partial charge in [-0.15, -0.1) is 13.2 Å². The van der Waals surface area contributed by atoms with E-state index in [1.807, 2.05) is 0 Å². The predicted octanol–water partition coefficient (Wildman–Crippen LogP) is 4.09. The lowest BCUT2D eigenvalue weighted by Crippen LogP contribution is -2.25. The van der Waals surface area contributed by atoms with Crippen LogP contribution in [0.25, 0.3) is 0 Å². The lowest BCUT2D eigenvalue weighted by atomic mass is 10.1. The summed E-state index contributed by atoms with van der Waals surface area (Å²) >= 11 is 2.76. The number of rotatable bonds is 2. The molecule has 100 valence electrons. The van der Waals surface area contributed by atoms with Crippen molar-refractivity contribution in [1.82, 2.24) is 0 Å². The number of carbonyl (C=O) groups is 1. The van der Waals surface area contributed by atoms with Gasteiger partial charge in [0.1, 0.15) is 5.75 Å². The van der Waals surface area contributed by atoms with E-state index in [0.717, 1.165) is 6.07 Å². The van der Waals surface area contributed by atoms with Crippen LogP contribution < -0.4 is 4.74 Å². The van der Waals surface area contributed by atoms with E-state index in [1.165, 1.54) is 0 Å². The molecule has 0 spiro atoms. The minimum atomic E-state index is -5.28. The van der Waals surface area contributed by atoms with E-state index in [2.05, 4.69) is 20.7 Å². The van der Waals surface area contributed by atoms with E-state index in [9.17, 15) is 31.1 Å². The van der Waals surface area contributed by atoms with Crippen molar-refractivity contribution in [1.29, 1.82) is 0 Å². The molecule has 0 N–H and O–H groups in total. The Kier molecular flexibility index (Phi) is 3.94. The Hall–Kier alpha value is -1.25. The van der Waals surface area contributed by atoms with Crippen LogP contribution in [0, 0.1) is 0 Å². The first-order chi connectivity index (χ1) is 8.00. The van der Waals surface area contributed by atoms with Crippen LogP contribution in [0.15, 0.2) is 22.7 Å². The number of halogens is 7. The third-order valence-electron chi connectivity index (χ3n) is 1.67. The monoisotopic (exact) mass is 336 g/mol. The highest BCUT2D eigenvalue weighted by atomic mass is 79.9. The predicted molar refractivity (Wildman–Crippen MR) is 51.2 cm³/mol. The molecule has 0 radical (unpaired) electrons. The molecule has 0 saturated carbocycles. The zero-order chi connectivity index (χ0) is 14.1. The van der Waals surface area contributed by atoms with Crippen molar-refractivity contribution in [3.8, 4) is 5.75 Å². The molecular formula is C9H3BrF6O2. The second-order valence-electron chi connectivity index (χ2n) is 3.02. The van der Waals surface area contributed by atoms with Crippen molar-refractivity contribution in [2.45, 2.75) is 12.5 Å². The first-order valence-corrected chi connectivity index (χ1v) is 4.97. The van der Waals surface area contributed by atoms with Crippen LogP contribution in [0.3, 0.4) is 0 Å². The molecule has 0 aliphatic heterocycles. The number of hydrogen-bond acceptors (Lipinski definition) is 2. The summed E-state index contributed by atoms with van der Waals surface area (Å²) in [6.45, 7) is 0. The summed E-state index contributed by atoms with van der Waals surface area (Å²) in [6.07, 6.45) is -10.5. The number of alkyl halides is 6. The standard InChI is InChI=1S/C9H3BrF6O2/c10-4-1-2-5(7(17)8(11,12)13)6(3-4)18-9(14,15)16/h1-3H. The minimum absolute atomic E-state index is 0.0421. The molecule has 0 atom stereocenters. The van der Waals surface area contributed by atoms with Crippen molar-refractivity contribution < 1.29 is 35.9 Å². The van der Waals surface area contributed by atoms with Crippen LogP contribution in [0.5, 0.6) is 5.75 Å². The Morgan fingerprint density at radius 1 is 1.11 bits per heavy atom. The van der Waals surface area contributed by atoms with E-state index in [0.29, 0.717) is 12.1 Å². The lowest BCUT2D eigenvalue weighted by Gasteiger charge is -2.14. The molecule has 1 aromatic rings. The smallest absolute Gasteiger partial charge is 0.405 e. The van der Waals surface area contributed by atoms with E-state index >= 15 is 0 Å². The van der Waals surface area contributed by atoms with Gasteiger partial charge in [-0.2, -0.15) is 13.2 Å². The number of carbonyl (C=O) groups excluding carboxylic acids is 1. The number of Topliss-reactive ketones (excluding diaryl/α,β-unsaturated/α-hetero) is 1. The zero-order valence-corrected chi connectivity index (χ0v) is 9.78. The van der Waals surface area contributed by atoms with Crippen molar-refractivity contribution >= 4 is 21.7 Å². The second kappa shape index (κ2) is 4.79. The Labute approximate surface area is 105 Å². The largest absolute Gasteiger partial charge is 0.573 e. The Morgan fingerprint density at radius 3 is 2.11 bits per heavy atom. The molecule has 18 heavy (non-hydrogen) atoms. The number of hydrogen-bond donors (Lipinski definition) is 0. The molecule has 9 heteroatoms. The minimum Gasteiger partial charge on any atom is -0.405 e. The molecule has 0 aliphatic rings. The Balaban J connectivity index is 3.24. The molecule has 1 aromatic carbocycles. The lowest BCUT2D eigenvalue weighted by molar-refractivity contribution is -0.274. The fourth-order valence-corrected chi connectivity index (χ4v) is 1.39. The molecule has 1 rings (SSSR count). The Bertz CT molecular complexity index is 465. The van der Waals surface area contributed by atoms with Crippen LogP contribution in [0.2, 0.25) is 0 Å². The summed E-state index contributed by atoms with van der Waals surface area (Å²) in [5, 5.41) is 0. The SMILES string of the molecule is O=C(c1ccc(Br)cc1OC(F)(F)F)C(F)(F)F. The van der Waals surface area contributed by atoms with Gasteiger partial charge >= 0.3 is 12.5 Å². The molecular weight excluding hydrogens is 334 g/mol. The van der Waals surface area contributed by atoms with Gasteiger partial charge in [0.15, 0.2) is 0 Å². The van der Waals surface area contributed by atoms with Crippen molar-refractivity contribution in [2.75, 3.05) is 0 Å². The van der Waals surface area contributed by atoms with Gasteiger partial charge in [-0.1, -0.05) is 15.9 Å². The summed E-state index contributed by atoms with van der Waals surface area (Å²) in [6, 6.07) is 2.23. The highest BCUT2D eigenvalue weighted by Crippen LogP contribution is 2.33. The summed E-state index contributed by atoms with van der Waals surface area (Å²) in [5.74, 6) is -3.62. The van der Waals surface area contributed by atoms with Gasteiger partial charge in [0, 0.05) is 4.47 Å². The summed E-state index contributed by atoms with van der Waals surface area (Å²) in [5.41, 5.74) is -1.21. The average Bonchev–Trinajstić information content (AvgIpc) is 2.12. The van der Waals surface area contributed by atoms with Gasteiger partial charge in [-0.25, -0.2) is 0 Å². The first kappa shape index (κ1) is 14.8. The number of ether oxygens (including phenoxy) is 1. The fourth-order valence-electron chi connectivity index (χ4n) is 1.05. The van der Waals surface area contributed by atoms with Crippen LogP contribution in [-0.4, -0.2) is 18.3 Å². The highest BCUT2D eigenvalue weighted by Gasteiger charge is 2.42. The summed E-state index contributed by atoms with van der Waals surface area (Å²) in [4.78, 5) is 10.9.